The number of ether oxygens (including phenoxy) is 2. The molecule has 4 N–H and O–H groups in total. The Bertz CT molecular complexity index is 692. The molecule has 1 rings (SSSR count). The molecule has 0 spiro atoms. The zero-order valence-corrected chi connectivity index (χ0v) is 14.9. The molecular weight excluding hydrogens is 330 g/mol. The SMILES string of the molecule is CCOC(=O)c1c(C)[nH]c(C(=O)O[C@@H](C(=O)NC(N)=O)C(C)C)c1C. The summed E-state index contributed by atoms with van der Waals surface area (Å²) in [5.74, 6) is -2.60. The third kappa shape index (κ3) is 4.82. The highest BCUT2D eigenvalue weighted by Gasteiger charge is 2.30. The molecule has 0 aromatic carbocycles. The molecule has 0 aliphatic carbocycles. The fraction of sp³-hybridized carbons (Fsp3) is 0.500. The van der Waals surface area contributed by atoms with Gasteiger partial charge in [0.1, 0.15) is 5.69 Å². The van der Waals surface area contributed by atoms with E-state index in [0.29, 0.717) is 11.3 Å². The molecule has 0 radical (unpaired) electrons. The minimum atomic E-state index is -1.21. The first kappa shape index (κ1) is 20.2. The molecule has 0 fully saturated rings. The normalized spacial score (nSPS) is 11.8. The minimum absolute atomic E-state index is 0.0399. The van der Waals surface area contributed by atoms with E-state index >= 15 is 0 Å². The Morgan fingerprint density at radius 2 is 1.76 bits per heavy atom. The molecule has 0 saturated carbocycles. The first-order valence-electron chi connectivity index (χ1n) is 7.77. The number of carbonyl (C=O) groups is 4. The number of H-pyrrole nitrogens is 1. The topological polar surface area (TPSA) is 141 Å². The number of amides is 3. The molecule has 9 heteroatoms. The fourth-order valence-electron chi connectivity index (χ4n) is 2.32. The van der Waals surface area contributed by atoms with Gasteiger partial charge < -0.3 is 20.2 Å². The molecule has 138 valence electrons. The second-order valence-electron chi connectivity index (χ2n) is 5.77. The van der Waals surface area contributed by atoms with Gasteiger partial charge in [0.2, 0.25) is 0 Å². The van der Waals surface area contributed by atoms with Crippen molar-refractivity contribution in [3.63, 3.8) is 0 Å². The number of imide groups is 1. The molecule has 0 unspecified atom stereocenters. The summed E-state index contributed by atoms with van der Waals surface area (Å²) in [6, 6.07) is -1.04. The highest BCUT2D eigenvalue weighted by molar-refractivity contribution is 6.00. The van der Waals surface area contributed by atoms with Crippen LogP contribution in [0.3, 0.4) is 0 Å². The Morgan fingerprint density at radius 1 is 1.16 bits per heavy atom. The molecule has 1 atom stereocenters. The van der Waals surface area contributed by atoms with Gasteiger partial charge in [-0.15, -0.1) is 0 Å². The third-order valence-electron chi connectivity index (χ3n) is 3.47. The average molecular weight is 353 g/mol. The van der Waals surface area contributed by atoms with Crippen LogP contribution < -0.4 is 11.1 Å². The highest BCUT2D eigenvalue weighted by Crippen LogP contribution is 2.21. The first-order chi connectivity index (χ1) is 11.6. The van der Waals surface area contributed by atoms with Crippen LogP contribution in [0.1, 0.15) is 52.9 Å². The summed E-state index contributed by atoms with van der Waals surface area (Å²) in [6.45, 7) is 8.36. The van der Waals surface area contributed by atoms with Gasteiger partial charge in [-0.2, -0.15) is 0 Å². The Morgan fingerprint density at radius 3 is 2.24 bits per heavy atom. The van der Waals surface area contributed by atoms with Crippen LogP contribution in [0.2, 0.25) is 0 Å². The minimum Gasteiger partial charge on any atom is -0.462 e. The molecule has 1 aromatic heterocycles. The molecule has 0 aliphatic heterocycles. The van der Waals surface area contributed by atoms with Crippen LogP contribution >= 0.6 is 0 Å². The lowest BCUT2D eigenvalue weighted by atomic mass is 10.1. The highest BCUT2D eigenvalue weighted by atomic mass is 16.6. The second-order valence-corrected chi connectivity index (χ2v) is 5.77. The number of urea groups is 1. The molecule has 1 aromatic rings. The van der Waals surface area contributed by atoms with Crippen molar-refractivity contribution >= 4 is 23.9 Å². The molecule has 0 bridgehead atoms. The summed E-state index contributed by atoms with van der Waals surface area (Å²) in [5, 5.41) is 1.89. The van der Waals surface area contributed by atoms with E-state index in [9.17, 15) is 19.2 Å². The van der Waals surface area contributed by atoms with Crippen molar-refractivity contribution in [1.29, 1.82) is 0 Å². The summed E-state index contributed by atoms with van der Waals surface area (Å²) in [4.78, 5) is 49.9. The lowest BCUT2D eigenvalue weighted by Gasteiger charge is -2.19. The van der Waals surface area contributed by atoms with Gasteiger partial charge in [0.25, 0.3) is 5.91 Å². The fourth-order valence-corrected chi connectivity index (χ4v) is 2.32. The number of hydrogen-bond acceptors (Lipinski definition) is 6. The monoisotopic (exact) mass is 353 g/mol. The van der Waals surface area contributed by atoms with Crippen molar-refractivity contribution < 1.29 is 28.7 Å². The molecule has 0 saturated heterocycles. The lowest BCUT2D eigenvalue weighted by Crippen LogP contribution is -2.45. The van der Waals surface area contributed by atoms with Gasteiger partial charge in [0.05, 0.1) is 12.2 Å². The van der Waals surface area contributed by atoms with Gasteiger partial charge in [-0.05, 0) is 32.3 Å². The third-order valence-corrected chi connectivity index (χ3v) is 3.47. The summed E-state index contributed by atoms with van der Waals surface area (Å²) in [7, 11) is 0. The number of aromatic nitrogens is 1. The van der Waals surface area contributed by atoms with E-state index in [1.54, 1.807) is 34.6 Å². The van der Waals surface area contributed by atoms with Crippen LogP contribution in [0.5, 0.6) is 0 Å². The lowest BCUT2D eigenvalue weighted by molar-refractivity contribution is -0.130. The number of primary amides is 1. The largest absolute Gasteiger partial charge is 0.462 e. The second kappa shape index (κ2) is 8.32. The Hall–Kier alpha value is -2.84. The number of rotatable bonds is 6. The van der Waals surface area contributed by atoms with E-state index in [-0.39, 0.29) is 17.9 Å². The summed E-state index contributed by atoms with van der Waals surface area (Å²) >= 11 is 0. The Labute approximate surface area is 145 Å². The maximum atomic E-state index is 12.4. The number of carbonyl (C=O) groups excluding carboxylic acids is 4. The van der Waals surface area contributed by atoms with Crippen LogP contribution in [0.15, 0.2) is 0 Å². The van der Waals surface area contributed by atoms with Gasteiger partial charge >= 0.3 is 18.0 Å². The molecule has 3 amide bonds. The smallest absolute Gasteiger partial charge is 0.355 e. The molecule has 0 aliphatic rings. The number of nitrogens with one attached hydrogen (secondary N) is 2. The van der Waals surface area contributed by atoms with Crippen molar-refractivity contribution in [3.05, 3.63) is 22.5 Å². The van der Waals surface area contributed by atoms with Gasteiger partial charge in [0, 0.05) is 5.69 Å². The number of hydrogen-bond donors (Lipinski definition) is 3. The van der Waals surface area contributed by atoms with Gasteiger partial charge in [0.15, 0.2) is 6.10 Å². The molecule has 25 heavy (non-hydrogen) atoms. The predicted octanol–water partition coefficient (Wildman–Crippen LogP) is 1.18. The molecular formula is C16H23N3O6. The standard InChI is InChI=1S/C16H23N3O6/c1-6-24-14(21)10-8(4)11(18-9(10)5)15(22)25-12(7(2)3)13(20)19-16(17)23/h7,12,18H,6H2,1-5H3,(H3,17,19,20,23)/t12-/m1/s1. The van der Waals surface area contributed by atoms with Crippen LogP contribution in [0, 0.1) is 19.8 Å². The summed E-state index contributed by atoms with van der Waals surface area (Å²) in [5.41, 5.74) is 6.01. The van der Waals surface area contributed by atoms with Crippen molar-refractivity contribution in [2.75, 3.05) is 6.61 Å². The zero-order valence-electron chi connectivity index (χ0n) is 14.9. The first-order valence-corrected chi connectivity index (χ1v) is 7.77. The number of esters is 2. The average Bonchev–Trinajstić information content (AvgIpc) is 2.78. The van der Waals surface area contributed by atoms with Gasteiger partial charge in [-0.3, -0.25) is 10.1 Å². The number of aromatic amines is 1. The van der Waals surface area contributed by atoms with E-state index in [1.807, 2.05) is 5.32 Å². The van der Waals surface area contributed by atoms with E-state index in [2.05, 4.69) is 4.98 Å². The van der Waals surface area contributed by atoms with E-state index < -0.39 is 35.9 Å². The zero-order chi connectivity index (χ0) is 19.3. The molecule has 1 heterocycles. The maximum Gasteiger partial charge on any atom is 0.355 e. The van der Waals surface area contributed by atoms with Crippen molar-refractivity contribution in [2.45, 2.75) is 40.7 Å². The van der Waals surface area contributed by atoms with Crippen LogP contribution in [0.25, 0.3) is 0 Å². The number of nitrogens with two attached hydrogens (primary N) is 1. The van der Waals surface area contributed by atoms with Crippen molar-refractivity contribution in [1.82, 2.24) is 10.3 Å². The van der Waals surface area contributed by atoms with E-state index in [1.165, 1.54) is 0 Å². The summed E-state index contributed by atoms with van der Waals surface area (Å²) < 4.78 is 10.2. The van der Waals surface area contributed by atoms with Gasteiger partial charge in [-0.25, -0.2) is 14.4 Å². The number of aryl methyl sites for hydroxylation is 1. The van der Waals surface area contributed by atoms with E-state index in [0.717, 1.165) is 0 Å². The quantitative estimate of drug-likeness (QED) is 0.656. The Kier molecular flexibility index (Phi) is 6.72. The molecule has 9 nitrogen and oxygen atoms in total. The predicted molar refractivity (Wildman–Crippen MR) is 88.0 cm³/mol. The van der Waals surface area contributed by atoms with Crippen LogP contribution in [-0.4, -0.2) is 41.6 Å². The van der Waals surface area contributed by atoms with Crippen molar-refractivity contribution in [3.8, 4) is 0 Å². The van der Waals surface area contributed by atoms with Crippen LogP contribution in [0.4, 0.5) is 4.79 Å². The maximum absolute atomic E-state index is 12.4. The van der Waals surface area contributed by atoms with Crippen molar-refractivity contribution in [2.24, 2.45) is 11.7 Å². The Balaban J connectivity index is 3.06. The van der Waals surface area contributed by atoms with Crippen LogP contribution in [-0.2, 0) is 14.3 Å². The van der Waals surface area contributed by atoms with E-state index in [4.69, 9.17) is 15.2 Å². The summed E-state index contributed by atoms with van der Waals surface area (Å²) in [6.07, 6.45) is -1.21. The van der Waals surface area contributed by atoms with Gasteiger partial charge in [-0.1, -0.05) is 13.8 Å².